The van der Waals surface area contributed by atoms with Gasteiger partial charge in [-0.15, -0.1) is 0 Å². The van der Waals surface area contributed by atoms with Crippen LogP contribution in [0.2, 0.25) is 0 Å². The lowest BCUT2D eigenvalue weighted by molar-refractivity contribution is -0.0715. The Labute approximate surface area is 127 Å². The maximum Gasteiger partial charge on any atom is 0.129 e. The van der Waals surface area contributed by atoms with Crippen LogP contribution in [-0.4, -0.2) is 36.7 Å². The fraction of sp³-hybridized carbons (Fsp3) is 0.600. The maximum atomic E-state index is 14.2. The van der Waals surface area contributed by atoms with Crippen LogP contribution < -0.4 is 5.73 Å². The number of nitrogens with zero attached hydrogens (tertiary/aromatic N) is 1. The van der Waals surface area contributed by atoms with Crippen molar-refractivity contribution < 1.29 is 9.13 Å². The van der Waals surface area contributed by atoms with Crippen molar-refractivity contribution in [2.24, 2.45) is 5.73 Å². The van der Waals surface area contributed by atoms with Gasteiger partial charge in [-0.1, -0.05) is 22.0 Å². The third-order valence-electron chi connectivity index (χ3n) is 4.47. The minimum Gasteiger partial charge on any atom is -0.375 e. The fourth-order valence-electron chi connectivity index (χ4n) is 3.56. The molecule has 20 heavy (non-hydrogen) atoms. The molecule has 110 valence electrons. The van der Waals surface area contributed by atoms with E-state index in [0.29, 0.717) is 24.3 Å². The van der Waals surface area contributed by atoms with E-state index in [4.69, 9.17) is 10.5 Å². The van der Waals surface area contributed by atoms with Crippen LogP contribution in [0.1, 0.15) is 30.9 Å². The van der Waals surface area contributed by atoms with Gasteiger partial charge in [0.2, 0.25) is 0 Å². The Morgan fingerprint density at radius 3 is 3.05 bits per heavy atom. The van der Waals surface area contributed by atoms with Crippen molar-refractivity contribution in [2.75, 3.05) is 19.7 Å². The first-order valence-corrected chi connectivity index (χ1v) is 8.02. The molecule has 0 bridgehead atoms. The Hall–Kier alpha value is -0.490. The van der Waals surface area contributed by atoms with Gasteiger partial charge in [0, 0.05) is 29.2 Å². The topological polar surface area (TPSA) is 38.5 Å². The Morgan fingerprint density at radius 2 is 2.30 bits per heavy atom. The van der Waals surface area contributed by atoms with Gasteiger partial charge in [-0.2, -0.15) is 0 Å². The highest BCUT2D eigenvalue weighted by molar-refractivity contribution is 9.10. The van der Waals surface area contributed by atoms with Crippen molar-refractivity contribution in [3.63, 3.8) is 0 Å². The molecule has 2 fully saturated rings. The monoisotopic (exact) mass is 342 g/mol. The third kappa shape index (κ3) is 2.64. The van der Waals surface area contributed by atoms with E-state index < -0.39 is 0 Å². The quantitative estimate of drug-likeness (QED) is 0.917. The molecule has 3 unspecified atom stereocenters. The van der Waals surface area contributed by atoms with E-state index in [0.717, 1.165) is 30.5 Å². The van der Waals surface area contributed by atoms with Crippen LogP contribution in [0.15, 0.2) is 22.7 Å². The second-order valence-electron chi connectivity index (χ2n) is 5.56. The fourth-order valence-corrected chi connectivity index (χ4v) is 3.89. The van der Waals surface area contributed by atoms with E-state index in [1.54, 1.807) is 0 Å². The highest BCUT2D eigenvalue weighted by Gasteiger charge is 2.39. The molecule has 1 aliphatic heterocycles. The van der Waals surface area contributed by atoms with Crippen molar-refractivity contribution in [3.05, 3.63) is 34.1 Å². The molecule has 2 aliphatic rings. The average Bonchev–Trinajstić information content (AvgIpc) is 2.91. The maximum absolute atomic E-state index is 14.2. The van der Waals surface area contributed by atoms with Gasteiger partial charge in [-0.3, -0.25) is 4.90 Å². The molecule has 3 atom stereocenters. The number of morpholine rings is 1. The van der Waals surface area contributed by atoms with Crippen LogP contribution in [-0.2, 0) is 4.74 Å². The standard InChI is InChI=1S/C15H20BrFN2O/c16-10-4-5-11(12(17)8-10)14(9-18)19-6-7-20-15-3-1-2-13(15)19/h4-5,8,13-15H,1-3,6-7,9,18H2. The molecule has 0 amide bonds. The number of ether oxygens (including phenoxy) is 1. The molecule has 3 nitrogen and oxygen atoms in total. The Bertz CT molecular complexity index is 485. The summed E-state index contributed by atoms with van der Waals surface area (Å²) < 4.78 is 20.8. The van der Waals surface area contributed by atoms with E-state index >= 15 is 0 Å². The Kier molecular flexibility index (Phi) is 4.40. The number of benzene rings is 1. The minimum absolute atomic E-state index is 0.0578. The molecule has 1 aromatic rings. The normalized spacial score (nSPS) is 28.4. The second-order valence-corrected chi connectivity index (χ2v) is 6.48. The first-order chi connectivity index (χ1) is 9.70. The molecule has 0 radical (unpaired) electrons. The van der Waals surface area contributed by atoms with Gasteiger partial charge in [0.25, 0.3) is 0 Å². The number of nitrogens with two attached hydrogens (primary N) is 1. The van der Waals surface area contributed by atoms with Crippen LogP contribution in [0.25, 0.3) is 0 Å². The van der Waals surface area contributed by atoms with Gasteiger partial charge in [0.15, 0.2) is 0 Å². The molecule has 5 heteroatoms. The molecule has 1 heterocycles. The molecule has 1 aromatic carbocycles. The van der Waals surface area contributed by atoms with Gasteiger partial charge in [-0.05, 0) is 31.4 Å². The van der Waals surface area contributed by atoms with Crippen LogP contribution in [0.3, 0.4) is 0 Å². The number of rotatable bonds is 3. The van der Waals surface area contributed by atoms with Crippen LogP contribution in [0, 0.1) is 5.82 Å². The third-order valence-corrected chi connectivity index (χ3v) is 4.96. The SMILES string of the molecule is NCC(c1ccc(Br)cc1F)N1CCOC2CCCC21. The van der Waals surface area contributed by atoms with E-state index in [2.05, 4.69) is 20.8 Å². The summed E-state index contributed by atoms with van der Waals surface area (Å²) in [6.45, 7) is 1.98. The van der Waals surface area contributed by atoms with Crippen molar-refractivity contribution in [1.82, 2.24) is 4.90 Å². The molecular weight excluding hydrogens is 323 g/mol. The molecule has 2 N–H and O–H groups in total. The lowest BCUT2D eigenvalue weighted by Gasteiger charge is -2.42. The van der Waals surface area contributed by atoms with Gasteiger partial charge in [-0.25, -0.2) is 4.39 Å². The smallest absolute Gasteiger partial charge is 0.129 e. The summed E-state index contributed by atoms with van der Waals surface area (Å²) in [5, 5.41) is 0. The summed E-state index contributed by atoms with van der Waals surface area (Å²) in [7, 11) is 0. The summed E-state index contributed by atoms with van der Waals surface area (Å²) in [5.41, 5.74) is 6.66. The second kappa shape index (κ2) is 6.10. The van der Waals surface area contributed by atoms with E-state index in [1.807, 2.05) is 12.1 Å². The number of fused-ring (bicyclic) bond motifs is 1. The van der Waals surface area contributed by atoms with Gasteiger partial charge in [0.1, 0.15) is 5.82 Å². The molecular formula is C15H20BrFN2O. The summed E-state index contributed by atoms with van der Waals surface area (Å²) in [4.78, 5) is 2.35. The first-order valence-electron chi connectivity index (χ1n) is 7.23. The Morgan fingerprint density at radius 1 is 1.45 bits per heavy atom. The largest absolute Gasteiger partial charge is 0.375 e. The van der Waals surface area contributed by atoms with Crippen LogP contribution in [0.4, 0.5) is 4.39 Å². The molecule has 0 aromatic heterocycles. The van der Waals surface area contributed by atoms with Gasteiger partial charge in [0.05, 0.1) is 18.8 Å². The van der Waals surface area contributed by atoms with Crippen LogP contribution in [0.5, 0.6) is 0 Å². The van der Waals surface area contributed by atoms with E-state index in [1.165, 1.54) is 12.5 Å². The summed E-state index contributed by atoms with van der Waals surface area (Å²) >= 11 is 3.30. The molecule has 1 saturated carbocycles. The molecule has 0 spiro atoms. The zero-order valence-electron chi connectivity index (χ0n) is 11.4. The van der Waals surface area contributed by atoms with Gasteiger partial charge < -0.3 is 10.5 Å². The van der Waals surface area contributed by atoms with Crippen molar-refractivity contribution in [2.45, 2.75) is 37.5 Å². The highest BCUT2D eigenvalue weighted by atomic mass is 79.9. The lowest BCUT2D eigenvalue weighted by atomic mass is 10.00. The Balaban J connectivity index is 1.88. The van der Waals surface area contributed by atoms with Crippen molar-refractivity contribution >= 4 is 15.9 Å². The summed E-state index contributed by atoms with van der Waals surface area (Å²) in [5.74, 6) is -0.184. The lowest BCUT2D eigenvalue weighted by Crippen LogP contribution is -2.51. The number of hydrogen-bond acceptors (Lipinski definition) is 3. The predicted molar refractivity (Wildman–Crippen MR) is 80.0 cm³/mol. The predicted octanol–water partition coefficient (Wildman–Crippen LogP) is 2.84. The van der Waals surface area contributed by atoms with E-state index in [-0.39, 0.29) is 11.9 Å². The summed E-state index contributed by atoms with van der Waals surface area (Å²) in [6, 6.07) is 5.58. The highest BCUT2D eigenvalue weighted by Crippen LogP contribution is 2.36. The summed E-state index contributed by atoms with van der Waals surface area (Å²) in [6.07, 6.45) is 3.73. The van der Waals surface area contributed by atoms with Gasteiger partial charge >= 0.3 is 0 Å². The first kappa shape index (κ1) is 14.4. The van der Waals surface area contributed by atoms with Crippen molar-refractivity contribution in [3.8, 4) is 0 Å². The zero-order valence-corrected chi connectivity index (χ0v) is 13.0. The average molecular weight is 343 g/mol. The van der Waals surface area contributed by atoms with Crippen LogP contribution >= 0.6 is 15.9 Å². The van der Waals surface area contributed by atoms with E-state index in [9.17, 15) is 4.39 Å². The molecule has 1 aliphatic carbocycles. The number of hydrogen-bond donors (Lipinski definition) is 1. The molecule has 1 saturated heterocycles. The van der Waals surface area contributed by atoms with Crippen molar-refractivity contribution in [1.29, 1.82) is 0 Å². The molecule has 3 rings (SSSR count). The minimum atomic E-state index is -0.184. The zero-order chi connectivity index (χ0) is 14.1. The number of halogens is 2.